The van der Waals surface area contributed by atoms with Crippen molar-refractivity contribution in [2.75, 3.05) is 0 Å². The number of carboxylic acids is 1. The van der Waals surface area contributed by atoms with E-state index in [1.54, 1.807) is 6.92 Å². The van der Waals surface area contributed by atoms with Crippen LogP contribution in [0, 0.1) is 11.3 Å². The summed E-state index contributed by atoms with van der Waals surface area (Å²) in [6, 6.07) is 7.12. The van der Waals surface area contributed by atoms with E-state index in [2.05, 4.69) is 4.72 Å². The monoisotopic (exact) mass is 282 g/mol. The summed E-state index contributed by atoms with van der Waals surface area (Å²) in [5.41, 5.74) is -1.23. The van der Waals surface area contributed by atoms with Crippen molar-refractivity contribution >= 4 is 16.0 Å². The topological polar surface area (TPSA) is 107 Å². The Balaban J connectivity index is 3.11. The number of rotatable bonds is 5. The first-order valence-electron chi connectivity index (χ1n) is 5.52. The molecule has 102 valence electrons. The molecule has 0 aliphatic carbocycles. The normalized spacial score (nSPS) is 14.4. The molecule has 7 heteroatoms. The molecule has 6 nitrogen and oxygen atoms in total. The van der Waals surface area contributed by atoms with Crippen molar-refractivity contribution in [1.82, 2.24) is 4.72 Å². The highest BCUT2D eigenvalue weighted by Gasteiger charge is 2.36. The minimum Gasteiger partial charge on any atom is -0.480 e. The summed E-state index contributed by atoms with van der Waals surface area (Å²) < 4.78 is 26.3. The van der Waals surface area contributed by atoms with Crippen LogP contribution in [-0.4, -0.2) is 25.0 Å². The van der Waals surface area contributed by atoms with Crippen molar-refractivity contribution in [3.05, 3.63) is 29.8 Å². The van der Waals surface area contributed by atoms with E-state index < -0.39 is 21.5 Å². The van der Waals surface area contributed by atoms with Crippen LogP contribution in [0.25, 0.3) is 0 Å². The molecule has 1 atom stereocenters. The van der Waals surface area contributed by atoms with E-state index in [4.69, 9.17) is 10.4 Å². The number of nitrogens with zero attached hydrogens (tertiary/aromatic N) is 1. The number of nitriles is 1. The predicted molar refractivity (Wildman–Crippen MR) is 67.8 cm³/mol. The Morgan fingerprint density at radius 1 is 1.42 bits per heavy atom. The van der Waals surface area contributed by atoms with Gasteiger partial charge in [-0.05, 0) is 37.6 Å². The fourth-order valence-electron chi connectivity index (χ4n) is 1.33. The number of benzene rings is 1. The molecule has 0 saturated heterocycles. The van der Waals surface area contributed by atoms with Gasteiger partial charge in [-0.1, -0.05) is 6.92 Å². The Hall–Kier alpha value is -1.91. The van der Waals surface area contributed by atoms with E-state index in [1.165, 1.54) is 31.2 Å². The van der Waals surface area contributed by atoms with Crippen LogP contribution in [0.5, 0.6) is 0 Å². The SMILES string of the molecule is CCC(C)(NS(=O)(=O)c1ccc(C#N)cc1)C(=O)O. The van der Waals surface area contributed by atoms with Gasteiger partial charge in [-0.3, -0.25) is 4.79 Å². The maximum absolute atomic E-state index is 12.1. The summed E-state index contributed by atoms with van der Waals surface area (Å²) in [4.78, 5) is 11.0. The molecule has 1 aromatic carbocycles. The number of nitrogens with one attached hydrogen (secondary N) is 1. The van der Waals surface area contributed by atoms with Crippen LogP contribution in [0.4, 0.5) is 0 Å². The number of hydrogen-bond acceptors (Lipinski definition) is 4. The summed E-state index contributed by atoms with van der Waals surface area (Å²) in [7, 11) is -3.94. The Morgan fingerprint density at radius 2 is 1.95 bits per heavy atom. The third-order valence-electron chi connectivity index (χ3n) is 2.83. The van der Waals surface area contributed by atoms with Gasteiger partial charge in [0.05, 0.1) is 16.5 Å². The first-order chi connectivity index (χ1) is 8.75. The maximum Gasteiger partial charge on any atom is 0.324 e. The van der Waals surface area contributed by atoms with E-state index in [9.17, 15) is 13.2 Å². The minimum atomic E-state index is -3.94. The zero-order valence-electron chi connectivity index (χ0n) is 10.5. The number of carbonyl (C=O) groups is 1. The lowest BCUT2D eigenvalue weighted by atomic mass is 10.0. The third-order valence-corrected chi connectivity index (χ3v) is 4.44. The van der Waals surface area contributed by atoms with Gasteiger partial charge in [0.2, 0.25) is 10.0 Å². The molecule has 1 aromatic rings. The molecule has 0 heterocycles. The Bertz CT molecular complexity index is 616. The lowest BCUT2D eigenvalue weighted by molar-refractivity contribution is -0.143. The van der Waals surface area contributed by atoms with E-state index in [0.717, 1.165) is 0 Å². The fraction of sp³-hybridized carbons (Fsp3) is 0.333. The number of aliphatic carboxylic acids is 1. The second-order valence-electron chi connectivity index (χ2n) is 4.23. The molecule has 0 amide bonds. The molecule has 0 spiro atoms. The number of carboxylic acid groups (broad SMARTS) is 1. The summed E-state index contributed by atoms with van der Waals surface area (Å²) in [5, 5.41) is 17.7. The van der Waals surface area contributed by atoms with Gasteiger partial charge in [0, 0.05) is 0 Å². The fourth-order valence-corrected chi connectivity index (χ4v) is 2.77. The first-order valence-corrected chi connectivity index (χ1v) is 7.01. The average Bonchev–Trinajstić information content (AvgIpc) is 2.38. The Morgan fingerprint density at radius 3 is 2.32 bits per heavy atom. The van der Waals surface area contributed by atoms with Crippen LogP contribution in [0.15, 0.2) is 29.2 Å². The van der Waals surface area contributed by atoms with Crippen LogP contribution >= 0.6 is 0 Å². The smallest absolute Gasteiger partial charge is 0.324 e. The molecule has 0 fully saturated rings. The molecule has 1 unspecified atom stereocenters. The van der Waals surface area contributed by atoms with Gasteiger partial charge < -0.3 is 5.11 Å². The zero-order chi connectivity index (χ0) is 14.7. The molecular weight excluding hydrogens is 268 g/mol. The highest BCUT2D eigenvalue weighted by Crippen LogP contribution is 2.16. The molecule has 2 N–H and O–H groups in total. The van der Waals surface area contributed by atoms with E-state index in [1.807, 2.05) is 6.07 Å². The summed E-state index contributed by atoms with van der Waals surface area (Å²) in [6.07, 6.45) is 0.109. The van der Waals surface area contributed by atoms with Crippen LogP contribution in [-0.2, 0) is 14.8 Å². The van der Waals surface area contributed by atoms with Gasteiger partial charge in [0.15, 0.2) is 0 Å². The maximum atomic E-state index is 12.1. The highest BCUT2D eigenvalue weighted by molar-refractivity contribution is 7.89. The van der Waals surface area contributed by atoms with E-state index in [0.29, 0.717) is 5.56 Å². The predicted octanol–water partition coefficient (Wildman–Crippen LogP) is 1.09. The Labute approximate surface area is 111 Å². The molecule has 0 saturated carbocycles. The van der Waals surface area contributed by atoms with Gasteiger partial charge in [-0.2, -0.15) is 9.98 Å². The van der Waals surface area contributed by atoms with Gasteiger partial charge in [0.25, 0.3) is 0 Å². The van der Waals surface area contributed by atoms with Gasteiger partial charge >= 0.3 is 5.97 Å². The lowest BCUT2D eigenvalue weighted by Gasteiger charge is -2.24. The average molecular weight is 282 g/mol. The molecule has 0 radical (unpaired) electrons. The standard InChI is InChI=1S/C12H14N2O4S/c1-3-12(2,11(15)16)14-19(17,18)10-6-4-9(8-13)5-7-10/h4-7,14H,3H2,1-2H3,(H,15,16). The second-order valence-corrected chi connectivity index (χ2v) is 5.91. The summed E-state index contributed by atoms with van der Waals surface area (Å²) in [6.45, 7) is 2.88. The summed E-state index contributed by atoms with van der Waals surface area (Å²) in [5.74, 6) is -1.24. The largest absolute Gasteiger partial charge is 0.480 e. The van der Waals surface area contributed by atoms with Crippen molar-refractivity contribution < 1.29 is 18.3 Å². The zero-order valence-corrected chi connectivity index (χ0v) is 11.4. The minimum absolute atomic E-state index is 0.0765. The van der Waals surface area contributed by atoms with Crippen molar-refractivity contribution in [1.29, 1.82) is 5.26 Å². The van der Waals surface area contributed by atoms with Crippen LogP contribution < -0.4 is 4.72 Å². The first kappa shape index (κ1) is 15.1. The molecular formula is C12H14N2O4S. The molecule has 0 aromatic heterocycles. The molecule has 0 aliphatic heterocycles. The highest BCUT2D eigenvalue weighted by atomic mass is 32.2. The second kappa shape index (κ2) is 5.38. The number of sulfonamides is 1. The van der Waals surface area contributed by atoms with Gasteiger partial charge in [-0.25, -0.2) is 8.42 Å². The molecule has 19 heavy (non-hydrogen) atoms. The van der Waals surface area contributed by atoms with Crippen LogP contribution in [0.1, 0.15) is 25.8 Å². The third kappa shape index (κ3) is 3.30. The lowest BCUT2D eigenvalue weighted by Crippen LogP contribution is -2.51. The van der Waals surface area contributed by atoms with Crippen molar-refractivity contribution in [3.63, 3.8) is 0 Å². The van der Waals surface area contributed by atoms with E-state index in [-0.39, 0.29) is 11.3 Å². The van der Waals surface area contributed by atoms with E-state index >= 15 is 0 Å². The van der Waals surface area contributed by atoms with Crippen molar-refractivity contribution in [2.45, 2.75) is 30.7 Å². The van der Waals surface area contributed by atoms with Crippen LogP contribution in [0.2, 0.25) is 0 Å². The van der Waals surface area contributed by atoms with Crippen molar-refractivity contribution in [2.24, 2.45) is 0 Å². The van der Waals surface area contributed by atoms with Gasteiger partial charge in [-0.15, -0.1) is 0 Å². The number of hydrogen-bond donors (Lipinski definition) is 2. The van der Waals surface area contributed by atoms with Crippen LogP contribution in [0.3, 0.4) is 0 Å². The molecule has 1 rings (SSSR count). The quantitative estimate of drug-likeness (QED) is 0.840. The van der Waals surface area contributed by atoms with Gasteiger partial charge in [0.1, 0.15) is 5.54 Å². The molecule has 0 aliphatic rings. The summed E-state index contributed by atoms with van der Waals surface area (Å²) >= 11 is 0. The Kier molecular flexibility index (Phi) is 4.29. The van der Waals surface area contributed by atoms with Crippen molar-refractivity contribution in [3.8, 4) is 6.07 Å². The molecule has 0 bridgehead atoms.